The zero-order valence-electron chi connectivity index (χ0n) is 27.7. The van der Waals surface area contributed by atoms with E-state index in [9.17, 15) is 9.59 Å². The summed E-state index contributed by atoms with van der Waals surface area (Å²) in [5.41, 5.74) is 4.00. The number of rotatable bonds is 7. The summed E-state index contributed by atoms with van der Waals surface area (Å²) >= 11 is 2.27. The number of anilines is 2. The van der Waals surface area contributed by atoms with Gasteiger partial charge < -0.3 is 18.8 Å². The summed E-state index contributed by atoms with van der Waals surface area (Å²) in [5, 5.41) is 15.3. The quantitative estimate of drug-likeness (QED) is 0.199. The van der Waals surface area contributed by atoms with E-state index in [-0.39, 0.29) is 24.4 Å². The van der Waals surface area contributed by atoms with Gasteiger partial charge in [0.25, 0.3) is 0 Å². The van der Waals surface area contributed by atoms with Crippen molar-refractivity contribution in [2.75, 3.05) is 22.9 Å². The van der Waals surface area contributed by atoms with E-state index in [1.807, 2.05) is 77.9 Å². The zero-order chi connectivity index (χ0) is 34.2. The second-order valence-corrected chi connectivity index (χ2v) is 14.2. The van der Waals surface area contributed by atoms with Crippen molar-refractivity contribution in [2.24, 2.45) is 0 Å². The Morgan fingerprint density at radius 3 is 1.69 bits per heavy atom. The minimum absolute atomic E-state index is 0.205. The van der Waals surface area contributed by atoms with Crippen molar-refractivity contribution in [3.63, 3.8) is 0 Å². The number of carbonyl (C=O) groups is 2. The monoisotopic (exact) mass is 768 g/mol. The van der Waals surface area contributed by atoms with E-state index < -0.39 is 18.3 Å². The van der Waals surface area contributed by atoms with E-state index in [1.165, 1.54) is 3.57 Å². The van der Waals surface area contributed by atoms with E-state index in [2.05, 4.69) is 43.2 Å². The lowest BCUT2D eigenvalue weighted by Crippen LogP contribution is -2.41. The third-order valence-corrected chi connectivity index (χ3v) is 10.2. The van der Waals surface area contributed by atoms with Gasteiger partial charge in [0, 0.05) is 27.3 Å². The molecule has 2 atom stereocenters. The van der Waals surface area contributed by atoms with Crippen LogP contribution in [0.2, 0.25) is 0 Å². The summed E-state index contributed by atoms with van der Waals surface area (Å²) in [7, 11) is -0.426. The van der Waals surface area contributed by atoms with Crippen LogP contribution in [-0.4, -0.2) is 85.8 Å². The van der Waals surface area contributed by atoms with Crippen LogP contribution in [0.1, 0.15) is 38.8 Å². The Kier molecular flexibility index (Phi) is 9.50. The van der Waals surface area contributed by atoms with Crippen molar-refractivity contribution in [1.29, 1.82) is 0 Å². The first kappa shape index (κ1) is 33.9. The number of benzene rings is 2. The Hall–Kier alpha value is -4.03. The normalized spacial score (nSPS) is 21.3. The van der Waals surface area contributed by atoms with Gasteiger partial charge in [0.05, 0.1) is 49.8 Å². The molecule has 0 aliphatic carbocycles. The smallest absolute Gasteiger partial charge is 0.442 e. The van der Waals surface area contributed by atoms with Crippen LogP contribution in [-0.2, 0) is 31.9 Å². The second-order valence-electron chi connectivity index (χ2n) is 13.0. The number of nitrogens with zero attached hydrogens (tertiary/aromatic N) is 8. The molecule has 0 radical (unpaired) electrons. The van der Waals surface area contributed by atoms with Crippen LogP contribution >= 0.6 is 22.6 Å². The summed E-state index contributed by atoms with van der Waals surface area (Å²) in [4.78, 5) is 27.6. The minimum Gasteiger partial charge on any atom is -0.442 e. The molecule has 2 aromatic heterocycles. The molecule has 16 heteroatoms. The van der Waals surface area contributed by atoms with Gasteiger partial charge in [-0.05, 0) is 111 Å². The molecule has 0 unspecified atom stereocenters. The molecule has 252 valence electrons. The highest BCUT2D eigenvalue weighted by Gasteiger charge is 2.52. The first-order valence-corrected chi connectivity index (χ1v) is 16.7. The van der Waals surface area contributed by atoms with Crippen LogP contribution in [0.3, 0.4) is 0 Å². The fourth-order valence-corrected chi connectivity index (χ4v) is 5.93. The molecule has 2 amide bonds. The third-order valence-electron chi connectivity index (χ3n) is 9.00. The zero-order valence-corrected chi connectivity index (χ0v) is 29.9. The predicted octanol–water partition coefficient (Wildman–Crippen LogP) is 4.13. The molecular weight excluding hydrogens is 730 g/mol. The topological polar surface area (TPSA) is 139 Å². The maximum atomic E-state index is 12.3. The van der Waals surface area contributed by atoms with Gasteiger partial charge in [-0.2, -0.15) is 0 Å². The molecule has 14 nitrogen and oxygen atoms in total. The molecule has 3 aliphatic rings. The van der Waals surface area contributed by atoms with E-state index in [4.69, 9.17) is 18.8 Å². The van der Waals surface area contributed by atoms with E-state index in [0.717, 1.165) is 28.0 Å². The van der Waals surface area contributed by atoms with E-state index >= 15 is 0 Å². The van der Waals surface area contributed by atoms with Crippen molar-refractivity contribution in [1.82, 2.24) is 30.0 Å². The summed E-state index contributed by atoms with van der Waals surface area (Å²) < 4.78 is 27.7. The molecule has 2 aromatic carbocycles. The number of aryl methyl sites for hydroxylation is 2. The number of cyclic esters (lactones) is 2. The molecule has 3 aliphatic heterocycles. The maximum Gasteiger partial charge on any atom is 0.495 e. The van der Waals surface area contributed by atoms with Crippen molar-refractivity contribution < 1.29 is 28.4 Å². The Morgan fingerprint density at radius 2 is 1.25 bits per heavy atom. The maximum absolute atomic E-state index is 12.3. The van der Waals surface area contributed by atoms with Crippen LogP contribution in [0, 0.1) is 17.4 Å². The van der Waals surface area contributed by atoms with Crippen LogP contribution in [0.25, 0.3) is 0 Å². The van der Waals surface area contributed by atoms with Gasteiger partial charge in [-0.25, -0.2) is 19.0 Å². The van der Waals surface area contributed by atoms with Crippen molar-refractivity contribution in [3.8, 4) is 0 Å². The summed E-state index contributed by atoms with van der Waals surface area (Å²) in [6.07, 6.45) is 5.58. The van der Waals surface area contributed by atoms with Crippen LogP contribution in [0.5, 0.6) is 0 Å². The third kappa shape index (κ3) is 7.19. The number of carbonyl (C=O) groups excluding carboxylic acids is 2. The standard InChI is InChI=1S/C19H25BN4O4.C13H13IN4O2/c1-13-10-14(6-7-16(13)20-27-18(2,3)19(4,5)28-20)24-12-15(26-17(24)25)11-23-9-8-21-22-23;1-9-6-10(2-3-12(9)14)18-8-11(20-13(18)19)7-17-5-4-15-16-17/h6-10,15H,11-12H2,1-5H3;2-6,11H,7-8H2,1H3/t15-;11-/m00/s1. The summed E-state index contributed by atoms with van der Waals surface area (Å²) in [5.74, 6) is 0. The largest absolute Gasteiger partial charge is 0.495 e. The Bertz CT molecular complexity index is 1750. The van der Waals surface area contributed by atoms with Gasteiger partial charge in [-0.15, -0.1) is 10.2 Å². The van der Waals surface area contributed by atoms with Gasteiger partial charge in [-0.1, -0.05) is 16.5 Å². The number of hydrogen-bond donors (Lipinski definition) is 0. The molecule has 5 heterocycles. The van der Waals surface area contributed by atoms with Crippen LogP contribution in [0.4, 0.5) is 21.0 Å². The average Bonchev–Trinajstić information content (AvgIpc) is 3.86. The van der Waals surface area contributed by atoms with Crippen molar-refractivity contribution >= 4 is 58.7 Å². The fraction of sp³-hybridized carbons (Fsp3) is 0.438. The lowest BCUT2D eigenvalue weighted by atomic mass is 9.76. The average molecular weight is 768 g/mol. The van der Waals surface area contributed by atoms with Gasteiger partial charge >= 0.3 is 19.3 Å². The number of aromatic nitrogens is 6. The molecule has 48 heavy (non-hydrogen) atoms. The molecule has 3 fully saturated rings. The highest BCUT2D eigenvalue weighted by molar-refractivity contribution is 14.1. The molecule has 7 rings (SSSR count). The minimum atomic E-state index is -0.426. The Morgan fingerprint density at radius 1 is 0.771 bits per heavy atom. The molecule has 3 saturated heterocycles. The highest BCUT2D eigenvalue weighted by atomic mass is 127. The fourth-order valence-electron chi connectivity index (χ4n) is 5.59. The van der Waals surface area contributed by atoms with Gasteiger partial charge in [0.15, 0.2) is 0 Å². The SMILES string of the molecule is Cc1cc(N2C[C@H](Cn3ccnn3)OC2=O)ccc1B1OC(C)(C)C(C)(C)O1.Cc1cc(N2C[C@H](Cn3ccnn3)OC2=O)ccc1I. The summed E-state index contributed by atoms with van der Waals surface area (Å²) in [6, 6.07) is 11.8. The van der Waals surface area contributed by atoms with Gasteiger partial charge in [0.1, 0.15) is 12.2 Å². The highest BCUT2D eigenvalue weighted by Crippen LogP contribution is 2.37. The number of hydrogen-bond acceptors (Lipinski definition) is 10. The second kappa shape index (κ2) is 13.5. The van der Waals surface area contributed by atoms with Crippen molar-refractivity contribution in [2.45, 2.75) is 78.0 Å². The van der Waals surface area contributed by atoms with Gasteiger partial charge in [0.2, 0.25) is 0 Å². The molecule has 0 bridgehead atoms. The molecule has 4 aromatic rings. The molecule has 0 spiro atoms. The number of amides is 2. The number of ether oxygens (including phenoxy) is 2. The van der Waals surface area contributed by atoms with Crippen molar-refractivity contribution in [3.05, 3.63) is 75.9 Å². The Labute approximate surface area is 292 Å². The molecular formula is C32H38BIN8O6. The van der Waals surface area contributed by atoms with E-state index in [1.54, 1.807) is 44.0 Å². The predicted molar refractivity (Wildman–Crippen MR) is 186 cm³/mol. The first-order valence-electron chi connectivity index (χ1n) is 15.7. The lowest BCUT2D eigenvalue weighted by molar-refractivity contribution is 0.00578. The molecule has 0 saturated carbocycles. The Balaban J connectivity index is 0.000000177. The van der Waals surface area contributed by atoms with Crippen LogP contribution < -0.4 is 15.3 Å². The molecule has 0 N–H and O–H groups in total. The number of halogens is 1. The van der Waals surface area contributed by atoms with Gasteiger partial charge in [-0.3, -0.25) is 9.80 Å². The first-order chi connectivity index (χ1) is 22.8. The lowest BCUT2D eigenvalue weighted by Gasteiger charge is -2.32. The van der Waals surface area contributed by atoms with E-state index in [0.29, 0.717) is 26.2 Å². The summed E-state index contributed by atoms with van der Waals surface area (Å²) in [6.45, 7) is 14.2. The van der Waals surface area contributed by atoms with Crippen LogP contribution in [0.15, 0.2) is 61.2 Å².